The van der Waals surface area contributed by atoms with E-state index in [1.165, 1.54) is 0 Å². The van der Waals surface area contributed by atoms with Gasteiger partial charge in [-0.2, -0.15) is 12.6 Å². The van der Waals surface area contributed by atoms with Crippen LogP contribution >= 0.6 is 12.6 Å². The Balaban J connectivity index is 3.01. The van der Waals surface area contributed by atoms with Crippen LogP contribution in [0.1, 0.15) is 40.2 Å². The average Bonchev–Trinajstić information content (AvgIpc) is 2.35. The quantitative estimate of drug-likeness (QED) is 0.632. The first kappa shape index (κ1) is 16.3. The molecule has 1 unspecified atom stereocenters. The first-order valence-corrected chi connectivity index (χ1v) is 7.29. The van der Waals surface area contributed by atoms with Crippen molar-refractivity contribution in [3.05, 3.63) is 35.9 Å². The van der Waals surface area contributed by atoms with E-state index < -0.39 is 4.87 Å². The van der Waals surface area contributed by atoms with E-state index in [0.29, 0.717) is 6.54 Å². The van der Waals surface area contributed by atoms with Crippen molar-refractivity contribution in [2.75, 3.05) is 6.54 Å². The summed E-state index contributed by atoms with van der Waals surface area (Å²) in [5.74, 6) is 0.311. The SMILES string of the molecule is CC(C)C(=O)CN(C(C)C)C(C)(S)c1ccccc1. The molecular weight excluding hydrogens is 254 g/mol. The fraction of sp³-hybridized carbons (Fsp3) is 0.562. The predicted molar refractivity (Wildman–Crippen MR) is 84.5 cm³/mol. The summed E-state index contributed by atoms with van der Waals surface area (Å²) in [6, 6.07) is 10.4. The van der Waals surface area contributed by atoms with Crippen molar-refractivity contribution in [3.63, 3.8) is 0 Å². The molecule has 0 amide bonds. The number of nitrogens with zero attached hydrogens (tertiary/aromatic N) is 1. The van der Waals surface area contributed by atoms with Gasteiger partial charge >= 0.3 is 0 Å². The summed E-state index contributed by atoms with van der Waals surface area (Å²) < 4.78 is 0. The number of thiol groups is 1. The van der Waals surface area contributed by atoms with Gasteiger partial charge in [0, 0.05) is 12.0 Å². The number of benzene rings is 1. The van der Waals surface area contributed by atoms with Gasteiger partial charge in [0.2, 0.25) is 0 Å². The van der Waals surface area contributed by atoms with E-state index in [2.05, 4.69) is 37.8 Å². The molecule has 0 heterocycles. The zero-order chi connectivity index (χ0) is 14.6. The molecule has 0 aliphatic heterocycles. The van der Waals surface area contributed by atoms with Crippen LogP contribution in [-0.4, -0.2) is 23.3 Å². The zero-order valence-corrected chi connectivity index (χ0v) is 13.4. The maximum absolute atomic E-state index is 12.1. The third-order valence-electron chi connectivity index (χ3n) is 3.47. The Kier molecular flexibility index (Phi) is 5.63. The van der Waals surface area contributed by atoms with Crippen LogP contribution < -0.4 is 0 Å². The number of hydrogen-bond donors (Lipinski definition) is 1. The van der Waals surface area contributed by atoms with Gasteiger partial charge in [0.25, 0.3) is 0 Å². The normalized spacial score (nSPS) is 15.0. The van der Waals surface area contributed by atoms with Gasteiger partial charge in [0.15, 0.2) is 0 Å². The summed E-state index contributed by atoms with van der Waals surface area (Å²) in [5.41, 5.74) is 1.11. The zero-order valence-electron chi connectivity index (χ0n) is 12.6. The van der Waals surface area contributed by atoms with E-state index >= 15 is 0 Å². The average molecular weight is 279 g/mol. The highest BCUT2D eigenvalue weighted by atomic mass is 32.1. The van der Waals surface area contributed by atoms with Gasteiger partial charge in [-0.3, -0.25) is 9.69 Å². The molecule has 1 atom stereocenters. The van der Waals surface area contributed by atoms with Crippen LogP contribution in [0.2, 0.25) is 0 Å². The van der Waals surface area contributed by atoms with Crippen LogP contribution in [0, 0.1) is 5.92 Å². The lowest BCUT2D eigenvalue weighted by molar-refractivity contribution is -0.124. The molecule has 106 valence electrons. The molecule has 1 aromatic carbocycles. The van der Waals surface area contributed by atoms with Crippen LogP contribution in [0.3, 0.4) is 0 Å². The first-order valence-electron chi connectivity index (χ1n) is 6.84. The van der Waals surface area contributed by atoms with Crippen molar-refractivity contribution < 1.29 is 4.79 Å². The minimum absolute atomic E-state index is 0.0566. The highest BCUT2D eigenvalue weighted by Crippen LogP contribution is 2.33. The molecule has 3 heteroatoms. The smallest absolute Gasteiger partial charge is 0.149 e. The molecule has 0 fully saturated rings. The van der Waals surface area contributed by atoms with Gasteiger partial charge in [0.05, 0.1) is 11.4 Å². The molecule has 0 N–H and O–H groups in total. The first-order chi connectivity index (χ1) is 8.76. The van der Waals surface area contributed by atoms with E-state index in [0.717, 1.165) is 5.56 Å². The molecule has 1 rings (SSSR count). The minimum atomic E-state index is -0.444. The maximum atomic E-state index is 12.1. The second kappa shape index (κ2) is 6.58. The number of ketones is 1. The number of rotatable bonds is 6. The summed E-state index contributed by atoms with van der Waals surface area (Å²) in [4.78, 5) is 13.8. The Morgan fingerprint density at radius 2 is 1.74 bits per heavy atom. The number of carbonyl (C=O) groups excluding carboxylic acids is 1. The lowest BCUT2D eigenvalue weighted by atomic mass is 10.0. The summed E-state index contributed by atoms with van der Waals surface area (Å²) in [6.07, 6.45) is 0. The van der Waals surface area contributed by atoms with Crippen molar-refractivity contribution in [3.8, 4) is 0 Å². The van der Waals surface area contributed by atoms with Gasteiger partial charge in [-0.05, 0) is 26.3 Å². The molecule has 0 radical (unpaired) electrons. The standard InChI is InChI=1S/C16H25NOS/c1-12(2)15(18)11-17(13(3)4)16(5,19)14-9-7-6-8-10-14/h6-10,12-13,19H,11H2,1-5H3. The molecule has 0 aromatic heterocycles. The monoisotopic (exact) mass is 279 g/mol. The van der Waals surface area contributed by atoms with Gasteiger partial charge < -0.3 is 0 Å². The molecule has 19 heavy (non-hydrogen) atoms. The molecule has 0 aliphatic rings. The molecule has 0 saturated carbocycles. The van der Waals surface area contributed by atoms with E-state index in [1.807, 2.05) is 32.0 Å². The van der Waals surface area contributed by atoms with Crippen molar-refractivity contribution in [2.45, 2.75) is 45.5 Å². The molecule has 0 bridgehead atoms. The molecule has 0 saturated heterocycles. The summed E-state index contributed by atoms with van der Waals surface area (Å²) in [5, 5.41) is 0. The Hall–Kier alpha value is -0.800. The van der Waals surface area contributed by atoms with Crippen LogP contribution in [0.25, 0.3) is 0 Å². The Morgan fingerprint density at radius 3 is 2.16 bits per heavy atom. The summed E-state index contributed by atoms with van der Waals surface area (Å²) in [7, 11) is 0. The number of carbonyl (C=O) groups is 1. The van der Waals surface area contributed by atoms with Gasteiger partial charge in [-0.1, -0.05) is 44.2 Å². The molecule has 0 spiro atoms. The number of Topliss-reactive ketones (excluding diaryl/α,β-unsaturated/α-hetero) is 1. The maximum Gasteiger partial charge on any atom is 0.149 e. The van der Waals surface area contributed by atoms with Gasteiger partial charge in [0.1, 0.15) is 5.78 Å². The molecule has 0 aliphatic carbocycles. The lowest BCUT2D eigenvalue weighted by Gasteiger charge is -2.41. The predicted octanol–water partition coefficient (Wildman–Crippen LogP) is 3.72. The number of hydrogen-bond acceptors (Lipinski definition) is 3. The summed E-state index contributed by atoms with van der Waals surface area (Å²) in [6.45, 7) is 10.6. The van der Waals surface area contributed by atoms with E-state index in [9.17, 15) is 4.79 Å². The fourth-order valence-electron chi connectivity index (χ4n) is 2.11. The van der Waals surface area contributed by atoms with Gasteiger partial charge in [-0.15, -0.1) is 0 Å². The Morgan fingerprint density at radius 1 is 1.21 bits per heavy atom. The highest BCUT2D eigenvalue weighted by Gasteiger charge is 2.33. The van der Waals surface area contributed by atoms with Crippen molar-refractivity contribution >= 4 is 18.4 Å². The largest absolute Gasteiger partial charge is 0.298 e. The van der Waals surface area contributed by atoms with Crippen LogP contribution in [0.5, 0.6) is 0 Å². The summed E-state index contributed by atoms with van der Waals surface area (Å²) >= 11 is 4.83. The Bertz CT molecular complexity index is 412. The molecule has 1 aromatic rings. The third kappa shape index (κ3) is 4.08. The fourth-order valence-corrected chi connectivity index (χ4v) is 2.56. The highest BCUT2D eigenvalue weighted by molar-refractivity contribution is 7.81. The third-order valence-corrected chi connectivity index (χ3v) is 3.99. The van der Waals surface area contributed by atoms with Gasteiger partial charge in [-0.25, -0.2) is 0 Å². The topological polar surface area (TPSA) is 20.3 Å². The van der Waals surface area contributed by atoms with Crippen molar-refractivity contribution in [1.82, 2.24) is 4.90 Å². The second-order valence-electron chi connectivity index (χ2n) is 5.73. The van der Waals surface area contributed by atoms with E-state index in [4.69, 9.17) is 12.6 Å². The van der Waals surface area contributed by atoms with Crippen LogP contribution in [0.15, 0.2) is 30.3 Å². The molecular formula is C16H25NOS. The minimum Gasteiger partial charge on any atom is -0.298 e. The second-order valence-corrected chi connectivity index (χ2v) is 6.60. The molecule has 2 nitrogen and oxygen atoms in total. The Labute approximate surface area is 122 Å². The van der Waals surface area contributed by atoms with Crippen molar-refractivity contribution in [2.24, 2.45) is 5.92 Å². The van der Waals surface area contributed by atoms with Crippen LogP contribution in [-0.2, 0) is 9.67 Å². The van der Waals surface area contributed by atoms with E-state index in [-0.39, 0.29) is 17.7 Å². The van der Waals surface area contributed by atoms with E-state index in [1.54, 1.807) is 0 Å². The van der Waals surface area contributed by atoms with Crippen LogP contribution in [0.4, 0.5) is 0 Å². The lowest BCUT2D eigenvalue weighted by Crippen LogP contribution is -2.47. The van der Waals surface area contributed by atoms with Crippen molar-refractivity contribution in [1.29, 1.82) is 0 Å².